The third kappa shape index (κ3) is 3.86. The summed E-state index contributed by atoms with van der Waals surface area (Å²) in [6, 6.07) is 2.15. The molecular formula is C12H16ClNO2S. The van der Waals surface area contributed by atoms with Crippen LogP contribution in [0.2, 0.25) is 0 Å². The standard InChI is InChI=1S/C12H16ClNO2S/c1-8(2)11(7-14)6-12(10-4-5-10)9(3)17(13,15)16/h10-11H,1,4-6H2,2-3H3/b12-9-. The highest BCUT2D eigenvalue weighted by molar-refractivity contribution is 8.16. The van der Waals surface area contributed by atoms with Gasteiger partial charge in [0, 0.05) is 10.7 Å². The summed E-state index contributed by atoms with van der Waals surface area (Å²) in [5, 5.41) is 9.02. The second kappa shape index (κ2) is 5.24. The zero-order valence-electron chi connectivity index (χ0n) is 10.0. The van der Waals surface area contributed by atoms with Gasteiger partial charge < -0.3 is 0 Å². The minimum Gasteiger partial charge on any atom is -0.207 e. The lowest BCUT2D eigenvalue weighted by atomic mass is 9.92. The molecule has 0 aromatic heterocycles. The summed E-state index contributed by atoms with van der Waals surface area (Å²) in [5.74, 6) is -0.0577. The first-order valence-electron chi connectivity index (χ1n) is 5.46. The molecule has 0 heterocycles. The van der Waals surface area contributed by atoms with E-state index in [-0.39, 0.29) is 16.7 Å². The van der Waals surface area contributed by atoms with Gasteiger partial charge in [-0.25, -0.2) is 8.42 Å². The van der Waals surface area contributed by atoms with Crippen LogP contribution in [0.3, 0.4) is 0 Å². The zero-order chi connectivity index (χ0) is 13.2. The van der Waals surface area contributed by atoms with E-state index in [0.29, 0.717) is 6.42 Å². The largest absolute Gasteiger partial charge is 0.257 e. The number of hydrogen-bond donors (Lipinski definition) is 0. The average molecular weight is 274 g/mol. The van der Waals surface area contributed by atoms with Crippen LogP contribution in [0.5, 0.6) is 0 Å². The van der Waals surface area contributed by atoms with Crippen molar-refractivity contribution in [2.24, 2.45) is 11.8 Å². The molecule has 1 rings (SSSR count). The fourth-order valence-electron chi connectivity index (χ4n) is 1.74. The number of nitriles is 1. The first-order chi connectivity index (χ1) is 7.77. The van der Waals surface area contributed by atoms with Gasteiger partial charge in [-0.2, -0.15) is 5.26 Å². The lowest BCUT2D eigenvalue weighted by Crippen LogP contribution is -2.06. The van der Waals surface area contributed by atoms with Crippen LogP contribution in [0.25, 0.3) is 0 Å². The van der Waals surface area contributed by atoms with E-state index < -0.39 is 9.05 Å². The van der Waals surface area contributed by atoms with Crippen LogP contribution in [0.4, 0.5) is 0 Å². The van der Waals surface area contributed by atoms with Crippen molar-refractivity contribution in [3.8, 4) is 6.07 Å². The van der Waals surface area contributed by atoms with E-state index in [0.717, 1.165) is 24.0 Å². The van der Waals surface area contributed by atoms with Crippen LogP contribution >= 0.6 is 10.7 Å². The lowest BCUT2D eigenvalue weighted by Gasteiger charge is -2.13. The molecule has 0 aliphatic heterocycles. The number of nitrogens with zero attached hydrogens (tertiary/aromatic N) is 1. The zero-order valence-corrected chi connectivity index (χ0v) is 11.6. The summed E-state index contributed by atoms with van der Waals surface area (Å²) in [5.41, 5.74) is 1.56. The van der Waals surface area contributed by atoms with Crippen LogP contribution in [-0.4, -0.2) is 8.42 Å². The summed E-state index contributed by atoms with van der Waals surface area (Å²) in [4.78, 5) is 0.211. The first kappa shape index (κ1) is 14.3. The van der Waals surface area contributed by atoms with E-state index in [1.54, 1.807) is 6.92 Å². The van der Waals surface area contributed by atoms with E-state index in [1.807, 2.05) is 0 Å². The molecule has 0 N–H and O–H groups in total. The van der Waals surface area contributed by atoms with Gasteiger partial charge in [0.15, 0.2) is 0 Å². The second-order valence-corrected chi connectivity index (χ2v) is 7.23. The average Bonchev–Trinajstić information content (AvgIpc) is 3.00. The number of halogens is 1. The molecule has 1 atom stereocenters. The van der Waals surface area contributed by atoms with Crippen LogP contribution in [0, 0.1) is 23.2 Å². The van der Waals surface area contributed by atoms with Gasteiger partial charge in [0.1, 0.15) is 0 Å². The molecule has 1 aliphatic carbocycles. The van der Waals surface area contributed by atoms with Crippen LogP contribution in [-0.2, 0) is 9.05 Å². The highest BCUT2D eigenvalue weighted by atomic mass is 35.7. The van der Waals surface area contributed by atoms with Crippen molar-refractivity contribution >= 4 is 19.7 Å². The van der Waals surface area contributed by atoms with Gasteiger partial charge in [0.2, 0.25) is 0 Å². The van der Waals surface area contributed by atoms with Crippen molar-refractivity contribution < 1.29 is 8.42 Å². The fourth-order valence-corrected chi connectivity index (χ4v) is 2.60. The Kier molecular flexibility index (Phi) is 4.40. The van der Waals surface area contributed by atoms with Gasteiger partial charge in [-0.1, -0.05) is 12.2 Å². The van der Waals surface area contributed by atoms with E-state index in [2.05, 4.69) is 12.6 Å². The highest BCUT2D eigenvalue weighted by Crippen LogP contribution is 2.43. The van der Waals surface area contributed by atoms with Crippen LogP contribution < -0.4 is 0 Å². The highest BCUT2D eigenvalue weighted by Gasteiger charge is 2.32. The van der Waals surface area contributed by atoms with Crippen LogP contribution in [0.15, 0.2) is 22.6 Å². The summed E-state index contributed by atoms with van der Waals surface area (Å²) in [6.45, 7) is 7.05. The van der Waals surface area contributed by atoms with Gasteiger partial charge in [-0.05, 0) is 44.6 Å². The SMILES string of the molecule is C=C(C)C(C#N)C/C(=C(\C)S(=O)(=O)Cl)C1CC1. The Morgan fingerprint density at radius 1 is 1.53 bits per heavy atom. The Bertz CT molecular complexity index is 495. The van der Waals surface area contributed by atoms with Crippen molar-refractivity contribution in [2.45, 2.75) is 33.1 Å². The molecule has 0 amide bonds. The number of rotatable bonds is 5. The topological polar surface area (TPSA) is 57.9 Å². The molecule has 17 heavy (non-hydrogen) atoms. The molecule has 3 nitrogen and oxygen atoms in total. The molecule has 0 aromatic rings. The number of hydrogen-bond acceptors (Lipinski definition) is 3. The Hall–Kier alpha value is -0.790. The van der Waals surface area contributed by atoms with Crippen molar-refractivity contribution in [1.29, 1.82) is 5.26 Å². The molecule has 1 unspecified atom stereocenters. The molecule has 1 aliphatic rings. The first-order valence-corrected chi connectivity index (χ1v) is 7.77. The molecule has 1 fully saturated rings. The maximum Gasteiger partial charge on any atom is 0.257 e. The Morgan fingerprint density at radius 2 is 2.06 bits per heavy atom. The van der Waals surface area contributed by atoms with Crippen molar-refractivity contribution in [3.63, 3.8) is 0 Å². The summed E-state index contributed by atoms with van der Waals surface area (Å²) < 4.78 is 22.7. The van der Waals surface area contributed by atoms with Gasteiger partial charge in [-0.3, -0.25) is 0 Å². The molecule has 5 heteroatoms. The molecular weight excluding hydrogens is 258 g/mol. The van der Waals surface area contributed by atoms with Crippen molar-refractivity contribution in [1.82, 2.24) is 0 Å². The molecule has 1 saturated carbocycles. The molecule has 0 saturated heterocycles. The Labute approximate surface area is 107 Å². The normalized spacial score (nSPS) is 19.2. The fraction of sp³-hybridized carbons (Fsp3) is 0.583. The predicted molar refractivity (Wildman–Crippen MR) is 68.7 cm³/mol. The minimum atomic E-state index is -3.67. The lowest BCUT2D eigenvalue weighted by molar-refractivity contribution is 0.612. The molecule has 94 valence electrons. The molecule has 0 radical (unpaired) electrons. The maximum absolute atomic E-state index is 11.3. The van der Waals surface area contributed by atoms with Gasteiger partial charge in [0.25, 0.3) is 9.05 Å². The van der Waals surface area contributed by atoms with Crippen molar-refractivity contribution in [3.05, 3.63) is 22.6 Å². The quantitative estimate of drug-likeness (QED) is 0.570. The van der Waals surface area contributed by atoms with E-state index in [4.69, 9.17) is 15.9 Å². The monoisotopic (exact) mass is 273 g/mol. The minimum absolute atomic E-state index is 0.211. The third-order valence-electron chi connectivity index (χ3n) is 3.06. The Morgan fingerprint density at radius 3 is 2.35 bits per heavy atom. The molecule has 0 bridgehead atoms. The van der Waals surface area contributed by atoms with Gasteiger partial charge in [-0.15, -0.1) is 0 Å². The van der Waals surface area contributed by atoms with Gasteiger partial charge >= 0.3 is 0 Å². The van der Waals surface area contributed by atoms with E-state index in [9.17, 15) is 8.42 Å². The van der Waals surface area contributed by atoms with E-state index >= 15 is 0 Å². The van der Waals surface area contributed by atoms with E-state index in [1.165, 1.54) is 6.92 Å². The maximum atomic E-state index is 11.3. The smallest absolute Gasteiger partial charge is 0.207 e. The van der Waals surface area contributed by atoms with Crippen LogP contribution in [0.1, 0.15) is 33.1 Å². The molecule has 0 aromatic carbocycles. The van der Waals surface area contributed by atoms with Crippen molar-refractivity contribution in [2.75, 3.05) is 0 Å². The summed E-state index contributed by atoms with van der Waals surface area (Å²) in [7, 11) is 1.69. The number of allylic oxidation sites excluding steroid dienone is 3. The Balaban J connectivity index is 3.04. The second-order valence-electron chi connectivity index (χ2n) is 4.53. The predicted octanol–water partition coefficient (Wildman–Crippen LogP) is 3.34. The third-order valence-corrected chi connectivity index (χ3v) is 4.75. The summed E-state index contributed by atoms with van der Waals surface area (Å²) in [6.07, 6.45) is 2.38. The molecule has 0 spiro atoms. The van der Waals surface area contributed by atoms with Gasteiger partial charge in [0.05, 0.1) is 16.9 Å². The summed E-state index contributed by atoms with van der Waals surface area (Å²) >= 11 is 0.